The van der Waals surface area contributed by atoms with Crippen molar-refractivity contribution in [1.29, 1.82) is 0 Å². The smallest absolute Gasteiger partial charge is 0.472 e. The van der Waals surface area contributed by atoms with Crippen molar-refractivity contribution < 1.29 is 32.5 Å². The van der Waals surface area contributed by atoms with E-state index in [4.69, 9.17) is 18.5 Å². The van der Waals surface area contributed by atoms with Gasteiger partial charge in [0.25, 0.3) is 0 Å². The fourth-order valence-corrected chi connectivity index (χ4v) is 6.31. The molecule has 0 aromatic carbocycles. The maximum Gasteiger partial charge on any atom is 0.472 e. The molecular formula is C42H83NO6P+. The maximum absolute atomic E-state index is 12.4. The van der Waals surface area contributed by atoms with Crippen LogP contribution in [0.4, 0.5) is 0 Å². The minimum atomic E-state index is -4.18. The number of quaternary nitrogens is 1. The van der Waals surface area contributed by atoms with Crippen LogP contribution in [0.2, 0.25) is 0 Å². The zero-order chi connectivity index (χ0) is 36.9. The van der Waals surface area contributed by atoms with Crippen molar-refractivity contribution >= 4 is 7.82 Å². The Morgan fingerprint density at radius 1 is 0.540 bits per heavy atom. The van der Waals surface area contributed by atoms with Gasteiger partial charge in [-0.2, -0.15) is 0 Å². The van der Waals surface area contributed by atoms with Crippen molar-refractivity contribution in [3.8, 4) is 0 Å². The highest BCUT2D eigenvalue weighted by atomic mass is 31.2. The van der Waals surface area contributed by atoms with E-state index in [1.54, 1.807) is 12.5 Å². The first kappa shape index (κ1) is 48.9. The number of unbranched alkanes of at least 4 members (excludes halogenated alkanes) is 23. The molecule has 1 N–H and O–H groups in total. The first-order valence-electron chi connectivity index (χ1n) is 20.8. The molecule has 0 heterocycles. The minimum Gasteiger partial charge on any atom is -0.498 e. The number of nitrogens with zero attached hydrogens (tertiary/aromatic N) is 1. The molecule has 0 saturated carbocycles. The third-order valence-electron chi connectivity index (χ3n) is 8.89. The Kier molecular flexibility index (Phi) is 35.5. The number of phosphoric ester groups is 1. The average Bonchev–Trinajstić information content (AvgIpc) is 3.07. The van der Waals surface area contributed by atoms with E-state index in [0.717, 1.165) is 25.7 Å². The lowest BCUT2D eigenvalue weighted by Gasteiger charge is -2.24. The molecule has 50 heavy (non-hydrogen) atoms. The first-order chi connectivity index (χ1) is 24.2. The van der Waals surface area contributed by atoms with Crippen LogP contribution < -0.4 is 0 Å². The van der Waals surface area contributed by atoms with Crippen molar-refractivity contribution in [3.05, 3.63) is 36.8 Å². The SMILES string of the molecule is CCCCCCCC/C=C\CCCCCC/C=C\O[C@H](CO/C=C\CCCCCCCCCCCCCC)COP(=O)(O)OCC[N+](C)(C)C. The van der Waals surface area contributed by atoms with Gasteiger partial charge in [0, 0.05) is 0 Å². The van der Waals surface area contributed by atoms with E-state index in [-0.39, 0.29) is 19.8 Å². The molecule has 0 rings (SSSR count). The molecule has 0 radical (unpaired) electrons. The number of rotatable bonds is 39. The number of hydrogen-bond acceptors (Lipinski definition) is 5. The van der Waals surface area contributed by atoms with Crippen LogP contribution in [-0.4, -0.2) is 63.0 Å². The number of phosphoric acid groups is 1. The summed E-state index contributed by atoms with van der Waals surface area (Å²) in [5.74, 6) is 0. The zero-order valence-electron chi connectivity index (χ0n) is 33.6. The molecule has 0 bridgehead atoms. The fourth-order valence-electron chi connectivity index (χ4n) is 5.56. The van der Waals surface area contributed by atoms with E-state index < -0.39 is 13.9 Å². The summed E-state index contributed by atoms with van der Waals surface area (Å²) in [4.78, 5) is 10.2. The third kappa shape index (κ3) is 39.7. The van der Waals surface area contributed by atoms with E-state index >= 15 is 0 Å². The van der Waals surface area contributed by atoms with Gasteiger partial charge in [-0.25, -0.2) is 4.57 Å². The Hall–Kier alpha value is -1.11. The highest BCUT2D eigenvalue weighted by Crippen LogP contribution is 2.43. The van der Waals surface area contributed by atoms with Crippen LogP contribution >= 0.6 is 7.82 Å². The molecular weight excluding hydrogens is 645 g/mol. The standard InChI is InChI=1S/C42H82NO6P/c1-6-8-10-12-14-16-18-20-22-23-25-27-29-31-33-35-38-47-42(41-49-50(44,45)48-39-36-43(3,4)5)40-46-37-34-32-30-28-26-24-21-19-17-15-13-11-9-7-2/h20,22,34-35,37-38,42H,6-19,21,23-33,36,39-41H2,1-5H3/p+1/b22-20-,37-34-,38-35-/t42-/m1/s1. The van der Waals surface area contributed by atoms with Crippen LogP contribution in [0.3, 0.4) is 0 Å². The van der Waals surface area contributed by atoms with E-state index in [0.29, 0.717) is 11.0 Å². The fraction of sp³-hybridized carbons (Fsp3) is 0.857. The van der Waals surface area contributed by atoms with Crippen molar-refractivity contribution in [3.63, 3.8) is 0 Å². The quantitative estimate of drug-likeness (QED) is 0.0223. The maximum atomic E-state index is 12.4. The normalized spacial score (nSPS) is 14.3. The summed E-state index contributed by atoms with van der Waals surface area (Å²) in [6.07, 6.45) is 45.1. The van der Waals surface area contributed by atoms with Gasteiger partial charge in [0.2, 0.25) is 0 Å². The Balaban J connectivity index is 4.26. The Morgan fingerprint density at radius 3 is 1.38 bits per heavy atom. The van der Waals surface area contributed by atoms with Gasteiger partial charge in [0.1, 0.15) is 19.8 Å². The van der Waals surface area contributed by atoms with E-state index in [1.807, 2.05) is 27.2 Å². The predicted octanol–water partition coefficient (Wildman–Crippen LogP) is 13.0. The Labute approximate surface area is 310 Å². The Morgan fingerprint density at radius 2 is 0.940 bits per heavy atom. The molecule has 0 aromatic heterocycles. The molecule has 7 nitrogen and oxygen atoms in total. The summed E-state index contributed by atoms with van der Waals surface area (Å²) in [5.41, 5.74) is 0. The molecule has 0 amide bonds. The summed E-state index contributed by atoms with van der Waals surface area (Å²) in [6, 6.07) is 0. The van der Waals surface area contributed by atoms with E-state index in [9.17, 15) is 9.46 Å². The largest absolute Gasteiger partial charge is 0.498 e. The van der Waals surface area contributed by atoms with Crippen LogP contribution in [0.5, 0.6) is 0 Å². The van der Waals surface area contributed by atoms with Crippen LogP contribution in [0, 0.1) is 0 Å². The second-order valence-electron chi connectivity index (χ2n) is 15.1. The molecule has 2 atom stereocenters. The van der Waals surface area contributed by atoms with Crippen LogP contribution in [-0.2, 0) is 23.1 Å². The van der Waals surface area contributed by atoms with Crippen molar-refractivity contribution in [2.75, 3.05) is 47.5 Å². The first-order valence-corrected chi connectivity index (χ1v) is 22.3. The number of ether oxygens (including phenoxy) is 2. The number of likely N-dealkylation sites (N-methyl/N-ethyl adjacent to an activating group) is 1. The van der Waals surface area contributed by atoms with Crippen molar-refractivity contribution in [1.82, 2.24) is 0 Å². The van der Waals surface area contributed by atoms with Crippen molar-refractivity contribution in [2.45, 2.75) is 187 Å². The van der Waals surface area contributed by atoms with E-state index in [2.05, 4.69) is 32.1 Å². The van der Waals surface area contributed by atoms with Gasteiger partial charge >= 0.3 is 7.82 Å². The second-order valence-corrected chi connectivity index (χ2v) is 16.6. The number of hydrogen-bond donors (Lipinski definition) is 1. The monoisotopic (exact) mass is 729 g/mol. The van der Waals surface area contributed by atoms with Gasteiger partial charge < -0.3 is 18.9 Å². The molecule has 1 unspecified atom stereocenters. The average molecular weight is 729 g/mol. The predicted molar refractivity (Wildman–Crippen MR) is 214 cm³/mol. The summed E-state index contributed by atoms with van der Waals surface area (Å²) in [5, 5.41) is 0. The highest BCUT2D eigenvalue weighted by molar-refractivity contribution is 7.47. The molecule has 0 fully saturated rings. The minimum absolute atomic E-state index is 0.0958. The molecule has 8 heteroatoms. The molecule has 0 aliphatic rings. The van der Waals surface area contributed by atoms with E-state index in [1.165, 1.54) is 141 Å². The zero-order valence-corrected chi connectivity index (χ0v) is 34.5. The molecule has 0 saturated heterocycles. The molecule has 296 valence electrons. The molecule has 0 spiro atoms. The summed E-state index contributed by atoms with van der Waals surface area (Å²) in [6.45, 7) is 5.40. The third-order valence-corrected chi connectivity index (χ3v) is 9.87. The lowest BCUT2D eigenvalue weighted by Crippen LogP contribution is -2.37. The van der Waals surface area contributed by atoms with Gasteiger partial charge in [-0.05, 0) is 63.5 Å². The van der Waals surface area contributed by atoms with Gasteiger partial charge in [0.15, 0.2) is 6.10 Å². The molecule has 0 aromatic rings. The number of allylic oxidation sites excluding steroid dienone is 4. The van der Waals surface area contributed by atoms with Gasteiger partial charge in [0.05, 0.1) is 40.3 Å². The van der Waals surface area contributed by atoms with Crippen molar-refractivity contribution in [2.24, 2.45) is 0 Å². The van der Waals surface area contributed by atoms with Gasteiger partial charge in [-0.15, -0.1) is 0 Å². The lowest BCUT2D eigenvalue weighted by molar-refractivity contribution is -0.870. The van der Waals surface area contributed by atoms with Gasteiger partial charge in [-0.1, -0.05) is 142 Å². The second kappa shape index (κ2) is 36.3. The molecule has 0 aliphatic heterocycles. The summed E-state index contributed by atoms with van der Waals surface area (Å²) >= 11 is 0. The molecule has 0 aliphatic carbocycles. The van der Waals surface area contributed by atoms with Crippen LogP contribution in [0.1, 0.15) is 181 Å². The highest BCUT2D eigenvalue weighted by Gasteiger charge is 2.25. The summed E-state index contributed by atoms with van der Waals surface area (Å²) < 4.78 is 35.1. The Bertz CT molecular complexity index is 841. The summed E-state index contributed by atoms with van der Waals surface area (Å²) in [7, 11) is 1.83. The van der Waals surface area contributed by atoms with Gasteiger partial charge in [-0.3, -0.25) is 9.05 Å². The van der Waals surface area contributed by atoms with Crippen LogP contribution in [0.15, 0.2) is 36.8 Å². The van der Waals surface area contributed by atoms with Crippen LogP contribution in [0.25, 0.3) is 0 Å². The topological polar surface area (TPSA) is 74.2 Å². The lowest BCUT2D eigenvalue weighted by atomic mass is 10.0.